The minimum Gasteiger partial charge on any atom is -0.334 e. The smallest absolute Gasteiger partial charge is 0.255 e. The number of carbonyl (C=O) groups is 1. The summed E-state index contributed by atoms with van der Waals surface area (Å²) in [6.07, 6.45) is 6.28. The van der Waals surface area contributed by atoms with Gasteiger partial charge in [-0.1, -0.05) is 12.8 Å². The predicted molar refractivity (Wildman–Crippen MR) is 73.0 cm³/mol. The lowest BCUT2D eigenvalue weighted by Crippen LogP contribution is -2.40. The second-order valence-electron chi connectivity index (χ2n) is 4.81. The van der Waals surface area contributed by atoms with Crippen LogP contribution >= 0.6 is 11.6 Å². The van der Waals surface area contributed by atoms with Gasteiger partial charge in [-0.15, -0.1) is 11.6 Å². The van der Waals surface area contributed by atoms with Gasteiger partial charge in [-0.2, -0.15) is 0 Å². The molecule has 1 aromatic heterocycles. The summed E-state index contributed by atoms with van der Waals surface area (Å²) in [4.78, 5) is 18.6. The van der Waals surface area contributed by atoms with Crippen molar-refractivity contribution < 1.29 is 4.79 Å². The van der Waals surface area contributed by atoms with Crippen molar-refractivity contribution in [1.82, 2.24) is 9.88 Å². The molecule has 0 atom stereocenters. The van der Waals surface area contributed by atoms with E-state index in [1.54, 1.807) is 6.20 Å². The molecule has 1 aliphatic carbocycles. The third kappa shape index (κ3) is 3.02. The Kier molecular flexibility index (Phi) is 4.59. The zero-order valence-corrected chi connectivity index (χ0v) is 11.5. The molecule has 0 bridgehead atoms. The van der Waals surface area contributed by atoms with Crippen LogP contribution in [-0.4, -0.2) is 34.3 Å². The number of rotatable bonds is 4. The van der Waals surface area contributed by atoms with Gasteiger partial charge in [-0.25, -0.2) is 0 Å². The van der Waals surface area contributed by atoms with E-state index in [2.05, 4.69) is 4.98 Å². The Bertz CT molecular complexity index is 399. The first-order chi connectivity index (χ1) is 8.72. The molecule has 0 aliphatic heterocycles. The Morgan fingerprint density at radius 1 is 1.44 bits per heavy atom. The van der Waals surface area contributed by atoms with Crippen LogP contribution in [0.5, 0.6) is 0 Å². The molecule has 0 saturated heterocycles. The zero-order valence-electron chi connectivity index (χ0n) is 10.7. The molecule has 0 unspecified atom stereocenters. The average Bonchev–Trinajstić information content (AvgIpc) is 2.90. The number of aromatic nitrogens is 1. The molecular weight excluding hydrogens is 248 g/mol. The third-order valence-corrected chi connectivity index (χ3v) is 3.68. The van der Waals surface area contributed by atoms with E-state index in [4.69, 9.17) is 11.6 Å². The summed E-state index contributed by atoms with van der Waals surface area (Å²) >= 11 is 5.82. The van der Waals surface area contributed by atoms with Gasteiger partial charge in [0.05, 0.1) is 5.56 Å². The highest BCUT2D eigenvalue weighted by Crippen LogP contribution is 2.24. The van der Waals surface area contributed by atoms with Crippen molar-refractivity contribution >= 4 is 17.5 Å². The molecule has 3 nitrogen and oxygen atoms in total. The first kappa shape index (κ1) is 13.3. The molecule has 4 heteroatoms. The van der Waals surface area contributed by atoms with Gasteiger partial charge in [0.15, 0.2) is 0 Å². The molecule has 1 aromatic rings. The van der Waals surface area contributed by atoms with Crippen molar-refractivity contribution in [2.45, 2.75) is 38.6 Å². The molecule has 18 heavy (non-hydrogen) atoms. The number of carbonyl (C=O) groups excluding carboxylic acids is 1. The molecule has 1 fully saturated rings. The molecule has 0 aromatic carbocycles. The van der Waals surface area contributed by atoms with Crippen molar-refractivity contribution in [3.63, 3.8) is 0 Å². The van der Waals surface area contributed by atoms with Crippen LogP contribution in [0.4, 0.5) is 0 Å². The summed E-state index contributed by atoms with van der Waals surface area (Å²) in [6.45, 7) is 2.54. The Morgan fingerprint density at radius 2 is 2.17 bits per heavy atom. The van der Waals surface area contributed by atoms with Gasteiger partial charge < -0.3 is 4.90 Å². The fourth-order valence-electron chi connectivity index (χ4n) is 2.52. The van der Waals surface area contributed by atoms with Crippen molar-refractivity contribution in [2.24, 2.45) is 0 Å². The van der Waals surface area contributed by atoms with Crippen LogP contribution in [0.15, 0.2) is 18.3 Å². The van der Waals surface area contributed by atoms with E-state index < -0.39 is 0 Å². The maximum atomic E-state index is 12.5. The second kappa shape index (κ2) is 6.19. The maximum Gasteiger partial charge on any atom is 0.255 e. The van der Waals surface area contributed by atoms with Gasteiger partial charge in [-0.3, -0.25) is 9.78 Å². The summed E-state index contributed by atoms with van der Waals surface area (Å²) in [7, 11) is 0. The van der Waals surface area contributed by atoms with E-state index in [1.165, 1.54) is 12.8 Å². The number of aryl methyl sites for hydroxylation is 1. The van der Waals surface area contributed by atoms with Crippen LogP contribution in [0.25, 0.3) is 0 Å². The van der Waals surface area contributed by atoms with E-state index in [0.29, 0.717) is 24.0 Å². The quantitative estimate of drug-likeness (QED) is 0.785. The maximum absolute atomic E-state index is 12.5. The molecule has 0 radical (unpaired) electrons. The standard InChI is InChI=1S/C14H19ClN2O/c1-11-6-7-12(10-16-11)14(18)17(9-8-15)13-4-2-3-5-13/h6-7,10,13H,2-5,8-9H2,1H3. The number of hydrogen-bond acceptors (Lipinski definition) is 2. The Labute approximate surface area is 113 Å². The van der Waals surface area contributed by atoms with Gasteiger partial charge in [0.1, 0.15) is 0 Å². The van der Waals surface area contributed by atoms with Gasteiger partial charge in [-0.05, 0) is 31.9 Å². The van der Waals surface area contributed by atoms with Gasteiger partial charge >= 0.3 is 0 Å². The topological polar surface area (TPSA) is 33.2 Å². The van der Waals surface area contributed by atoms with E-state index in [1.807, 2.05) is 24.0 Å². The molecule has 1 saturated carbocycles. The summed E-state index contributed by atoms with van der Waals surface area (Å²) < 4.78 is 0. The molecule has 0 N–H and O–H groups in total. The zero-order chi connectivity index (χ0) is 13.0. The number of alkyl halides is 1. The summed E-state index contributed by atoms with van der Waals surface area (Å²) in [5, 5.41) is 0. The van der Waals surface area contributed by atoms with Crippen LogP contribution < -0.4 is 0 Å². The van der Waals surface area contributed by atoms with E-state index >= 15 is 0 Å². The molecule has 2 rings (SSSR count). The summed E-state index contributed by atoms with van der Waals surface area (Å²) in [6, 6.07) is 4.08. The number of hydrogen-bond donors (Lipinski definition) is 0. The van der Waals surface area contributed by atoms with E-state index in [0.717, 1.165) is 18.5 Å². The summed E-state index contributed by atoms with van der Waals surface area (Å²) in [5.41, 5.74) is 1.59. The number of pyridine rings is 1. The molecule has 98 valence electrons. The van der Waals surface area contributed by atoms with Gasteiger partial charge in [0.2, 0.25) is 0 Å². The molecule has 1 amide bonds. The largest absolute Gasteiger partial charge is 0.334 e. The van der Waals surface area contributed by atoms with E-state index in [9.17, 15) is 4.79 Å². The molecule has 0 spiro atoms. The lowest BCUT2D eigenvalue weighted by molar-refractivity contribution is 0.0694. The fourth-order valence-corrected chi connectivity index (χ4v) is 2.70. The lowest BCUT2D eigenvalue weighted by atomic mass is 10.1. The van der Waals surface area contributed by atoms with Crippen molar-refractivity contribution in [3.8, 4) is 0 Å². The van der Waals surface area contributed by atoms with Crippen LogP contribution in [0.2, 0.25) is 0 Å². The highest BCUT2D eigenvalue weighted by molar-refractivity contribution is 6.18. The number of amides is 1. The second-order valence-corrected chi connectivity index (χ2v) is 5.19. The minimum absolute atomic E-state index is 0.0649. The normalized spacial score (nSPS) is 15.9. The monoisotopic (exact) mass is 266 g/mol. The van der Waals surface area contributed by atoms with Crippen molar-refractivity contribution in [1.29, 1.82) is 0 Å². The molecular formula is C14H19ClN2O. The minimum atomic E-state index is 0.0649. The van der Waals surface area contributed by atoms with Gasteiger partial charge in [0, 0.05) is 30.4 Å². The number of nitrogens with zero attached hydrogens (tertiary/aromatic N) is 2. The first-order valence-corrected chi connectivity index (χ1v) is 7.05. The third-order valence-electron chi connectivity index (χ3n) is 3.51. The van der Waals surface area contributed by atoms with Crippen LogP contribution in [-0.2, 0) is 0 Å². The highest BCUT2D eigenvalue weighted by Gasteiger charge is 2.26. The van der Waals surface area contributed by atoms with Crippen LogP contribution in [0, 0.1) is 6.92 Å². The van der Waals surface area contributed by atoms with E-state index in [-0.39, 0.29) is 5.91 Å². The predicted octanol–water partition coefficient (Wildman–Crippen LogP) is 3.01. The van der Waals surface area contributed by atoms with Gasteiger partial charge in [0.25, 0.3) is 5.91 Å². The Balaban J connectivity index is 2.14. The SMILES string of the molecule is Cc1ccc(C(=O)N(CCCl)C2CCCC2)cn1. The van der Waals surface area contributed by atoms with Crippen LogP contribution in [0.3, 0.4) is 0 Å². The van der Waals surface area contributed by atoms with Crippen LogP contribution in [0.1, 0.15) is 41.7 Å². The Morgan fingerprint density at radius 3 is 2.72 bits per heavy atom. The lowest BCUT2D eigenvalue weighted by Gasteiger charge is -2.28. The molecule has 1 heterocycles. The highest BCUT2D eigenvalue weighted by atomic mass is 35.5. The average molecular weight is 267 g/mol. The van der Waals surface area contributed by atoms with Crippen molar-refractivity contribution in [3.05, 3.63) is 29.6 Å². The molecule has 1 aliphatic rings. The van der Waals surface area contributed by atoms with Crippen molar-refractivity contribution in [2.75, 3.05) is 12.4 Å². The Hall–Kier alpha value is -1.09. The fraction of sp³-hybridized carbons (Fsp3) is 0.571. The summed E-state index contributed by atoms with van der Waals surface area (Å²) in [5.74, 6) is 0.552. The number of halogens is 1. The first-order valence-electron chi connectivity index (χ1n) is 6.52.